The van der Waals surface area contributed by atoms with E-state index >= 15 is 0 Å². The highest BCUT2D eigenvalue weighted by Crippen LogP contribution is 2.27. The van der Waals surface area contributed by atoms with Crippen LogP contribution in [-0.4, -0.2) is 5.33 Å². The summed E-state index contributed by atoms with van der Waals surface area (Å²) in [5.74, 6) is 0. The number of hydrogen-bond donors (Lipinski definition) is 0. The van der Waals surface area contributed by atoms with Crippen molar-refractivity contribution in [2.45, 2.75) is 6.92 Å². The van der Waals surface area contributed by atoms with E-state index in [1.807, 2.05) is 0 Å². The smallest absolute Gasteiger partial charge is 0.0317 e. The van der Waals surface area contributed by atoms with E-state index in [0.29, 0.717) is 0 Å². The van der Waals surface area contributed by atoms with Crippen molar-refractivity contribution in [2.75, 3.05) is 5.33 Å². The highest BCUT2D eigenvalue weighted by atomic mass is 79.9. The van der Waals surface area contributed by atoms with Crippen molar-refractivity contribution in [1.29, 1.82) is 0 Å². The van der Waals surface area contributed by atoms with Crippen LogP contribution in [0.3, 0.4) is 0 Å². The molecule has 60 valence electrons. The maximum atomic E-state index is 3.47. The van der Waals surface area contributed by atoms with Crippen LogP contribution >= 0.6 is 43.2 Å². The Kier molecular flexibility index (Phi) is 3.82. The third-order valence-corrected chi connectivity index (χ3v) is 3.72. The fraction of sp³-hybridized carbons (Fsp3) is 0.250. The molecule has 0 saturated heterocycles. The molecule has 0 saturated carbocycles. The van der Waals surface area contributed by atoms with Crippen LogP contribution in [0.2, 0.25) is 0 Å². The van der Waals surface area contributed by atoms with Crippen molar-refractivity contribution in [1.82, 2.24) is 0 Å². The molecule has 1 aromatic rings. The Morgan fingerprint density at radius 2 is 2.36 bits per heavy atom. The first kappa shape index (κ1) is 9.49. The Labute approximate surface area is 87.6 Å². The second-order valence-electron chi connectivity index (χ2n) is 2.11. The molecule has 1 aromatic heterocycles. The zero-order valence-electron chi connectivity index (χ0n) is 6.10. The average molecular weight is 296 g/mol. The maximum Gasteiger partial charge on any atom is 0.0317 e. The highest BCUT2D eigenvalue weighted by molar-refractivity contribution is 9.10. The standard InChI is InChI=1S/C8H8Br2S/c1-6-8(10)5-7(11-6)3-2-4-9/h2-3,5H,4H2,1H3/b3-2+. The van der Waals surface area contributed by atoms with Crippen molar-refractivity contribution in [3.8, 4) is 0 Å². The van der Waals surface area contributed by atoms with E-state index in [0.717, 1.165) is 5.33 Å². The monoisotopic (exact) mass is 294 g/mol. The van der Waals surface area contributed by atoms with Crippen LogP contribution in [0.4, 0.5) is 0 Å². The van der Waals surface area contributed by atoms with Crippen molar-refractivity contribution < 1.29 is 0 Å². The SMILES string of the molecule is Cc1sc(/C=C/CBr)cc1Br. The first-order valence-corrected chi connectivity index (χ1v) is 5.95. The van der Waals surface area contributed by atoms with Gasteiger partial charge in [0, 0.05) is 19.6 Å². The summed E-state index contributed by atoms with van der Waals surface area (Å²) in [5.41, 5.74) is 0. The number of rotatable bonds is 2. The van der Waals surface area contributed by atoms with E-state index in [-0.39, 0.29) is 0 Å². The largest absolute Gasteiger partial charge is 0.140 e. The quantitative estimate of drug-likeness (QED) is 0.717. The fourth-order valence-electron chi connectivity index (χ4n) is 0.724. The van der Waals surface area contributed by atoms with Crippen LogP contribution in [0.1, 0.15) is 9.75 Å². The molecule has 0 spiro atoms. The zero-order chi connectivity index (χ0) is 8.27. The third-order valence-electron chi connectivity index (χ3n) is 1.25. The van der Waals surface area contributed by atoms with Crippen LogP contribution in [0.25, 0.3) is 6.08 Å². The summed E-state index contributed by atoms with van der Waals surface area (Å²) in [6.07, 6.45) is 4.22. The molecule has 0 aromatic carbocycles. The second kappa shape index (κ2) is 4.43. The van der Waals surface area contributed by atoms with Gasteiger partial charge >= 0.3 is 0 Å². The Morgan fingerprint density at radius 1 is 1.64 bits per heavy atom. The molecule has 0 nitrogen and oxygen atoms in total. The summed E-state index contributed by atoms with van der Waals surface area (Å²) in [6.45, 7) is 2.11. The molecule has 0 aliphatic rings. The lowest BCUT2D eigenvalue weighted by Gasteiger charge is -1.79. The van der Waals surface area contributed by atoms with Crippen LogP contribution < -0.4 is 0 Å². The maximum absolute atomic E-state index is 3.47. The van der Waals surface area contributed by atoms with Crippen molar-refractivity contribution in [2.24, 2.45) is 0 Å². The Bertz CT molecular complexity index is 244. The predicted octanol–water partition coefficient (Wildman–Crippen LogP) is 4.23. The molecule has 1 heterocycles. The minimum absolute atomic E-state index is 0.918. The molecular weight excluding hydrogens is 288 g/mol. The van der Waals surface area contributed by atoms with Crippen LogP contribution in [0.15, 0.2) is 16.6 Å². The summed E-state index contributed by atoms with van der Waals surface area (Å²) in [6, 6.07) is 2.14. The molecule has 0 unspecified atom stereocenters. The van der Waals surface area contributed by atoms with Gasteiger partial charge in [0.25, 0.3) is 0 Å². The highest BCUT2D eigenvalue weighted by Gasteiger charge is 1.98. The molecule has 0 aliphatic heterocycles. The Morgan fingerprint density at radius 3 is 2.82 bits per heavy atom. The van der Waals surface area contributed by atoms with Gasteiger partial charge < -0.3 is 0 Å². The lowest BCUT2D eigenvalue weighted by atomic mass is 10.4. The van der Waals surface area contributed by atoms with E-state index < -0.39 is 0 Å². The summed E-state index contributed by atoms with van der Waals surface area (Å²) < 4.78 is 1.21. The number of alkyl halides is 1. The molecule has 0 atom stereocenters. The summed E-state index contributed by atoms with van der Waals surface area (Å²) >= 11 is 8.61. The summed E-state index contributed by atoms with van der Waals surface area (Å²) in [4.78, 5) is 2.63. The number of thiophene rings is 1. The molecule has 0 radical (unpaired) electrons. The fourth-order valence-corrected chi connectivity index (χ4v) is 2.40. The minimum Gasteiger partial charge on any atom is -0.140 e. The summed E-state index contributed by atoms with van der Waals surface area (Å²) in [7, 11) is 0. The lowest BCUT2D eigenvalue weighted by Crippen LogP contribution is -1.58. The van der Waals surface area contributed by atoms with Crippen LogP contribution in [0.5, 0.6) is 0 Å². The molecule has 0 amide bonds. The number of aryl methyl sites for hydroxylation is 1. The van der Waals surface area contributed by atoms with Gasteiger partial charge in [0.1, 0.15) is 0 Å². The molecule has 0 fully saturated rings. The number of hydrogen-bond acceptors (Lipinski definition) is 1. The van der Waals surface area contributed by atoms with Crippen LogP contribution in [-0.2, 0) is 0 Å². The van der Waals surface area contributed by atoms with E-state index in [1.165, 1.54) is 14.2 Å². The second-order valence-corrected chi connectivity index (χ2v) is 4.90. The summed E-state index contributed by atoms with van der Waals surface area (Å²) in [5, 5.41) is 0.918. The number of halogens is 2. The first-order valence-electron chi connectivity index (χ1n) is 3.22. The van der Waals surface area contributed by atoms with Gasteiger partial charge in [-0.3, -0.25) is 0 Å². The van der Waals surface area contributed by atoms with E-state index in [2.05, 4.69) is 57.0 Å². The van der Waals surface area contributed by atoms with Gasteiger partial charge in [-0.05, 0) is 35.0 Å². The first-order chi connectivity index (χ1) is 5.24. The van der Waals surface area contributed by atoms with Gasteiger partial charge in [-0.2, -0.15) is 0 Å². The molecule has 0 N–H and O–H groups in total. The molecular formula is C8H8Br2S. The van der Waals surface area contributed by atoms with Gasteiger partial charge in [-0.25, -0.2) is 0 Å². The molecule has 0 aliphatic carbocycles. The van der Waals surface area contributed by atoms with E-state index in [1.54, 1.807) is 11.3 Å². The van der Waals surface area contributed by atoms with Crippen molar-refractivity contribution in [3.05, 3.63) is 26.4 Å². The van der Waals surface area contributed by atoms with Gasteiger partial charge in [0.15, 0.2) is 0 Å². The average Bonchev–Trinajstić information content (AvgIpc) is 2.28. The van der Waals surface area contributed by atoms with Crippen molar-refractivity contribution >= 4 is 49.3 Å². The zero-order valence-corrected chi connectivity index (χ0v) is 10.1. The molecule has 0 bridgehead atoms. The third kappa shape index (κ3) is 2.73. The molecule has 3 heteroatoms. The topological polar surface area (TPSA) is 0 Å². The Balaban J connectivity index is 2.80. The van der Waals surface area contributed by atoms with Gasteiger partial charge in [-0.15, -0.1) is 11.3 Å². The van der Waals surface area contributed by atoms with E-state index in [9.17, 15) is 0 Å². The molecule has 1 rings (SSSR count). The normalized spacial score (nSPS) is 11.2. The minimum atomic E-state index is 0.918. The predicted molar refractivity (Wildman–Crippen MR) is 59.6 cm³/mol. The van der Waals surface area contributed by atoms with Gasteiger partial charge in [0.2, 0.25) is 0 Å². The lowest BCUT2D eigenvalue weighted by molar-refractivity contribution is 1.59. The van der Waals surface area contributed by atoms with Gasteiger partial charge in [-0.1, -0.05) is 22.0 Å². The molecule has 11 heavy (non-hydrogen) atoms. The van der Waals surface area contributed by atoms with Crippen LogP contribution in [0, 0.1) is 6.92 Å². The Hall–Kier alpha value is 0.400. The number of allylic oxidation sites excluding steroid dienone is 1. The van der Waals surface area contributed by atoms with Crippen molar-refractivity contribution in [3.63, 3.8) is 0 Å². The van der Waals surface area contributed by atoms with E-state index in [4.69, 9.17) is 0 Å². The van der Waals surface area contributed by atoms with Gasteiger partial charge in [0.05, 0.1) is 0 Å².